The van der Waals surface area contributed by atoms with Gasteiger partial charge in [0, 0.05) is 23.9 Å². The van der Waals surface area contributed by atoms with E-state index in [-0.39, 0.29) is 37.1 Å². The Kier molecular flexibility index (Phi) is 8.33. The van der Waals surface area contributed by atoms with Crippen LogP contribution in [0.25, 0.3) is 0 Å². The third kappa shape index (κ3) is 6.53. The Morgan fingerprint density at radius 2 is 1.63 bits per heavy atom. The average Bonchev–Trinajstić information content (AvgIpc) is 2.86. The number of aryl methyl sites for hydroxylation is 2. The zero-order chi connectivity index (χ0) is 25.4. The lowest BCUT2D eigenvalue weighted by atomic mass is 10.1. The molecule has 0 aliphatic heterocycles. The van der Waals surface area contributed by atoms with Gasteiger partial charge in [-0.25, -0.2) is 14.4 Å². The van der Waals surface area contributed by atoms with Gasteiger partial charge in [-0.3, -0.25) is 14.2 Å². The summed E-state index contributed by atoms with van der Waals surface area (Å²) in [6.07, 6.45) is 0.618. The summed E-state index contributed by atoms with van der Waals surface area (Å²) in [4.78, 5) is 61.7. The highest BCUT2D eigenvalue weighted by molar-refractivity contribution is 5.95. The Balaban J connectivity index is 1.65. The van der Waals surface area contributed by atoms with Gasteiger partial charge in [-0.1, -0.05) is 48.5 Å². The third-order valence-corrected chi connectivity index (χ3v) is 5.25. The molecule has 3 rings (SSSR count). The van der Waals surface area contributed by atoms with Crippen molar-refractivity contribution in [1.29, 1.82) is 0 Å². The van der Waals surface area contributed by atoms with E-state index in [1.807, 2.05) is 6.07 Å². The fraction of sp³-hybridized carbons (Fsp3) is 0.240. The number of aromatic nitrogens is 2. The highest BCUT2D eigenvalue weighted by Crippen LogP contribution is 2.05. The second-order valence-corrected chi connectivity index (χ2v) is 7.84. The minimum absolute atomic E-state index is 0.00693. The molecule has 35 heavy (non-hydrogen) atoms. The number of nitrogens with one attached hydrogen (secondary N) is 1. The second kappa shape index (κ2) is 11.6. The summed E-state index contributed by atoms with van der Waals surface area (Å²) in [7, 11) is 0. The number of ether oxygens (including phenoxy) is 1. The molecule has 1 heterocycles. The lowest BCUT2D eigenvalue weighted by molar-refractivity contribution is -0.139. The normalized spacial score (nSPS) is 11.5. The standard InChI is InChI=1S/C25H25N3O7/c1-17-15-27(25(34)28(21(17)29)22(30)19-11-6-3-7-12-19)14-8-13-20(23(31)32)26-24(33)35-16-18-9-4-2-5-10-18/h2-7,9-12,15,20H,8,13-14,16H2,1H3,(H,26,33)(H,31,32)/t20-/m0/s1. The van der Waals surface area contributed by atoms with Gasteiger partial charge in [-0.2, -0.15) is 4.57 Å². The zero-order valence-corrected chi connectivity index (χ0v) is 19.0. The Labute approximate surface area is 200 Å². The van der Waals surface area contributed by atoms with Gasteiger partial charge in [0.05, 0.1) is 0 Å². The van der Waals surface area contributed by atoms with E-state index in [4.69, 9.17) is 4.74 Å². The van der Waals surface area contributed by atoms with Crippen LogP contribution in [0.1, 0.15) is 34.3 Å². The van der Waals surface area contributed by atoms with Gasteiger partial charge in [-0.15, -0.1) is 0 Å². The number of carboxylic acid groups (broad SMARTS) is 1. The molecule has 1 atom stereocenters. The molecule has 0 fully saturated rings. The number of nitrogens with zero attached hydrogens (tertiary/aromatic N) is 2. The molecule has 0 unspecified atom stereocenters. The van der Waals surface area contributed by atoms with E-state index in [0.717, 1.165) is 5.56 Å². The van der Waals surface area contributed by atoms with Gasteiger partial charge in [0.1, 0.15) is 12.6 Å². The van der Waals surface area contributed by atoms with Crippen molar-refractivity contribution in [3.8, 4) is 0 Å². The maximum Gasteiger partial charge on any atom is 0.408 e. The highest BCUT2D eigenvalue weighted by Gasteiger charge is 2.21. The van der Waals surface area contributed by atoms with Crippen LogP contribution >= 0.6 is 0 Å². The van der Waals surface area contributed by atoms with Crippen molar-refractivity contribution in [2.45, 2.75) is 39.0 Å². The van der Waals surface area contributed by atoms with Crippen LogP contribution in [-0.2, 0) is 22.7 Å². The Bertz CT molecular complexity index is 1310. The van der Waals surface area contributed by atoms with E-state index in [0.29, 0.717) is 4.57 Å². The molecule has 0 aliphatic rings. The Morgan fingerprint density at radius 1 is 1.00 bits per heavy atom. The summed E-state index contributed by atoms with van der Waals surface area (Å²) in [6, 6.07) is 15.6. The lowest BCUT2D eigenvalue weighted by Gasteiger charge is -2.15. The molecule has 2 aromatic carbocycles. The summed E-state index contributed by atoms with van der Waals surface area (Å²) in [5.41, 5.74) is -0.411. The largest absolute Gasteiger partial charge is 0.480 e. The Morgan fingerprint density at radius 3 is 2.26 bits per heavy atom. The second-order valence-electron chi connectivity index (χ2n) is 7.84. The monoisotopic (exact) mass is 479 g/mol. The summed E-state index contributed by atoms with van der Waals surface area (Å²) in [5, 5.41) is 11.8. The number of hydrogen-bond acceptors (Lipinski definition) is 6. The average molecular weight is 479 g/mol. The molecule has 1 amide bonds. The molecule has 1 aromatic heterocycles. The van der Waals surface area contributed by atoms with E-state index in [1.54, 1.807) is 42.5 Å². The number of amides is 1. The van der Waals surface area contributed by atoms with Crippen LogP contribution in [0.5, 0.6) is 0 Å². The number of benzene rings is 2. The van der Waals surface area contributed by atoms with Crippen molar-refractivity contribution < 1.29 is 24.2 Å². The fourth-order valence-corrected chi connectivity index (χ4v) is 3.42. The molecule has 0 spiro atoms. The minimum Gasteiger partial charge on any atom is -0.480 e. The number of aliphatic carboxylic acids is 1. The Hall–Kier alpha value is -4.47. The van der Waals surface area contributed by atoms with E-state index in [2.05, 4.69) is 5.32 Å². The molecular weight excluding hydrogens is 454 g/mol. The molecule has 2 N–H and O–H groups in total. The van der Waals surface area contributed by atoms with Crippen LogP contribution in [-0.4, -0.2) is 38.3 Å². The van der Waals surface area contributed by atoms with Crippen LogP contribution in [0, 0.1) is 6.92 Å². The molecule has 10 heteroatoms. The van der Waals surface area contributed by atoms with Gasteiger partial charge >= 0.3 is 17.8 Å². The molecule has 10 nitrogen and oxygen atoms in total. The summed E-state index contributed by atoms with van der Waals surface area (Å²) in [6.45, 7) is 1.51. The maximum atomic E-state index is 12.9. The van der Waals surface area contributed by atoms with Crippen LogP contribution in [0.3, 0.4) is 0 Å². The number of rotatable bonds is 9. The smallest absolute Gasteiger partial charge is 0.408 e. The summed E-state index contributed by atoms with van der Waals surface area (Å²) >= 11 is 0. The highest BCUT2D eigenvalue weighted by atomic mass is 16.5. The molecule has 0 saturated carbocycles. The van der Waals surface area contributed by atoms with E-state index < -0.39 is 35.3 Å². The van der Waals surface area contributed by atoms with E-state index in [9.17, 15) is 29.1 Å². The SMILES string of the molecule is Cc1cn(CCC[C@H](NC(=O)OCc2ccccc2)C(=O)O)c(=O)n(C(=O)c2ccccc2)c1=O. The number of carbonyl (C=O) groups is 3. The van der Waals surface area contributed by atoms with Crippen LogP contribution in [0.15, 0.2) is 76.4 Å². The third-order valence-electron chi connectivity index (χ3n) is 5.25. The van der Waals surface area contributed by atoms with E-state index >= 15 is 0 Å². The van der Waals surface area contributed by atoms with E-state index in [1.165, 1.54) is 29.8 Å². The summed E-state index contributed by atoms with van der Waals surface area (Å²) in [5.74, 6) is -2.00. The van der Waals surface area contributed by atoms with Crippen molar-refractivity contribution in [3.63, 3.8) is 0 Å². The first-order chi connectivity index (χ1) is 16.8. The van der Waals surface area contributed by atoms with Crippen molar-refractivity contribution >= 4 is 18.0 Å². The first-order valence-corrected chi connectivity index (χ1v) is 10.9. The first-order valence-electron chi connectivity index (χ1n) is 10.9. The van der Waals surface area contributed by atoms with Gasteiger partial charge in [0.2, 0.25) is 0 Å². The van der Waals surface area contributed by atoms with Crippen molar-refractivity contribution in [3.05, 3.63) is 104 Å². The van der Waals surface area contributed by atoms with Gasteiger partial charge in [-0.05, 0) is 37.5 Å². The van der Waals surface area contributed by atoms with Gasteiger partial charge in [0.25, 0.3) is 11.5 Å². The zero-order valence-electron chi connectivity index (χ0n) is 19.0. The molecule has 0 bridgehead atoms. The fourth-order valence-electron chi connectivity index (χ4n) is 3.42. The van der Waals surface area contributed by atoms with Crippen LogP contribution in [0.4, 0.5) is 4.79 Å². The number of alkyl carbamates (subject to hydrolysis) is 1. The van der Waals surface area contributed by atoms with Crippen molar-refractivity contribution in [1.82, 2.24) is 14.5 Å². The van der Waals surface area contributed by atoms with Crippen molar-refractivity contribution in [2.75, 3.05) is 0 Å². The molecule has 3 aromatic rings. The molecule has 0 saturated heterocycles. The van der Waals surface area contributed by atoms with Crippen LogP contribution < -0.4 is 16.6 Å². The topological polar surface area (TPSA) is 137 Å². The first kappa shape index (κ1) is 25.2. The quantitative estimate of drug-likeness (QED) is 0.480. The van der Waals surface area contributed by atoms with Crippen LogP contribution in [0.2, 0.25) is 0 Å². The van der Waals surface area contributed by atoms with Gasteiger partial charge < -0.3 is 15.2 Å². The lowest BCUT2D eigenvalue weighted by Crippen LogP contribution is -2.45. The molecular formula is C25H25N3O7. The number of carbonyl (C=O) groups excluding carboxylic acids is 2. The van der Waals surface area contributed by atoms with Gasteiger partial charge in [0.15, 0.2) is 0 Å². The van der Waals surface area contributed by atoms with Crippen molar-refractivity contribution in [2.24, 2.45) is 0 Å². The molecule has 0 aliphatic carbocycles. The molecule has 182 valence electrons. The number of hydrogen-bond donors (Lipinski definition) is 2. The molecule has 0 radical (unpaired) electrons. The maximum absolute atomic E-state index is 12.9. The predicted octanol–water partition coefficient (Wildman–Crippen LogP) is 2.17. The predicted molar refractivity (Wildman–Crippen MR) is 126 cm³/mol. The minimum atomic E-state index is -1.26. The number of carboxylic acids is 1. The summed E-state index contributed by atoms with van der Waals surface area (Å²) < 4.78 is 6.81.